The highest BCUT2D eigenvalue weighted by Gasteiger charge is 2.10. The third kappa shape index (κ3) is 3.48. The second-order valence-corrected chi connectivity index (χ2v) is 4.55. The zero-order valence-corrected chi connectivity index (χ0v) is 11.4. The molecule has 2 nitrogen and oxygen atoms in total. The Morgan fingerprint density at radius 1 is 1.33 bits per heavy atom. The molecule has 1 aromatic carbocycles. The van der Waals surface area contributed by atoms with Crippen LogP contribution >= 0.6 is 23.7 Å². The van der Waals surface area contributed by atoms with Gasteiger partial charge in [0.2, 0.25) is 0 Å². The Hall–Kier alpha value is -1.04. The van der Waals surface area contributed by atoms with Crippen molar-refractivity contribution in [3.05, 3.63) is 40.2 Å². The van der Waals surface area contributed by atoms with Crippen LogP contribution in [0, 0.1) is 11.6 Å². The van der Waals surface area contributed by atoms with Crippen LogP contribution in [0.1, 0.15) is 5.01 Å². The molecule has 0 aliphatic heterocycles. The number of nitrogens with one attached hydrogen (secondary N) is 1. The molecule has 0 atom stereocenters. The van der Waals surface area contributed by atoms with E-state index in [-0.39, 0.29) is 18.0 Å². The van der Waals surface area contributed by atoms with Crippen molar-refractivity contribution in [3.63, 3.8) is 0 Å². The summed E-state index contributed by atoms with van der Waals surface area (Å²) in [6, 6.07) is 3.40. The molecule has 0 spiro atoms. The van der Waals surface area contributed by atoms with Gasteiger partial charge in [0, 0.05) is 23.9 Å². The third-order valence-corrected chi connectivity index (χ3v) is 3.25. The van der Waals surface area contributed by atoms with Crippen molar-refractivity contribution < 1.29 is 8.78 Å². The molecule has 0 radical (unpaired) electrons. The van der Waals surface area contributed by atoms with Crippen LogP contribution in [0.25, 0.3) is 11.3 Å². The van der Waals surface area contributed by atoms with Gasteiger partial charge in [-0.2, -0.15) is 0 Å². The normalized spacial score (nSPS) is 10.2. The number of thiazole rings is 1. The van der Waals surface area contributed by atoms with E-state index in [4.69, 9.17) is 0 Å². The van der Waals surface area contributed by atoms with Gasteiger partial charge in [-0.05, 0) is 25.2 Å². The molecule has 6 heteroatoms. The molecule has 0 aliphatic rings. The number of aromatic nitrogens is 1. The molecule has 0 saturated heterocycles. The molecule has 1 heterocycles. The topological polar surface area (TPSA) is 24.9 Å². The SMILES string of the molecule is CNCCc1nc(-c2cc(F)ccc2F)cs1.Cl. The van der Waals surface area contributed by atoms with Crippen LogP contribution in [-0.2, 0) is 6.42 Å². The van der Waals surface area contributed by atoms with Crippen molar-refractivity contribution >= 4 is 23.7 Å². The fraction of sp³-hybridized carbons (Fsp3) is 0.250. The quantitative estimate of drug-likeness (QED) is 0.935. The predicted molar refractivity (Wildman–Crippen MR) is 72.3 cm³/mol. The van der Waals surface area contributed by atoms with Crippen LogP contribution in [0.3, 0.4) is 0 Å². The Kier molecular flexibility index (Phi) is 5.65. The van der Waals surface area contributed by atoms with Crippen LogP contribution in [0.4, 0.5) is 8.78 Å². The van der Waals surface area contributed by atoms with E-state index in [2.05, 4.69) is 10.3 Å². The Labute approximate surface area is 114 Å². The zero-order valence-electron chi connectivity index (χ0n) is 9.74. The van der Waals surface area contributed by atoms with E-state index in [1.54, 1.807) is 5.38 Å². The number of hydrogen-bond donors (Lipinski definition) is 1. The van der Waals surface area contributed by atoms with E-state index in [0.717, 1.165) is 30.1 Å². The molecule has 0 fully saturated rings. The standard InChI is InChI=1S/C12H12F2N2S.ClH/c1-15-5-4-12-16-11(7-17-12)9-6-8(13)2-3-10(9)14;/h2-3,6-7,15H,4-5H2,1H3;1H. The first-order chi connectivity index (χ1) is 8.20. The summed E-state index contributed by atoms with van der Waals surface area (Å²) in [6.07, 6.45) is 0.790. The maximum Gasteiger partial charge on any atom is 0.132 e. The van der Waals surface area contributed by atoms with Crippen molar-refractivity contribution in [1.29, 1.82) is 0 Å². The summed E-state index contributed by atoms with van der Waals surface area (Å²) in [7, 11) is 1.86. The maximum atomic E-state index is 13.5. The fourth-order valence-electron chi connectivity index (χ4n) is 1.48. The van der Waals surface area contributed by atoms with Crippen molar-refractivity contribution in [2.45, 2.75) is 6.42 Å². The summed E-state index contributed by atoms with van der Waals surface area (Å²) >= 11 is 1.46. The lowest BCUT2D eigenvalue weighted by Gasteiger charge is -1.99. The van der Waals surface area contributed by atoms with E-state index in [9.17, 15) is 8.78 Å². The molecule has 0 unspecified atom stereocenters. The zero-order chi connectivity index (χ0) is 12.3. The number of halogens is 3. The largest absolute Gasteiger partial charge is 0.319 e. The summed E-state index contributed by atoms with van der Waals surface area (Å²) in [4.78, 5) is 4.29. The molecule has 2 aromatic rings. The highest BCUT2D eigenvalue weighted by Crippen LogP contribution is 2.25. The van der Waals surface area contributed by atoms with Gasteiger partial charge in [0.25, 0.3) is 0 Å². The van der Waals surface area contributed by atoms with Crippen LogP contribution < -0.4 is 5.32 Å². The number of hydrogen-bond acceptors (Lipinski definition) is 3. The van der Waals surface area contributed by atoms with E-state index in [1.807, 2.05) is 7.05 Å². The Morgan fingerprint density at radius 2 is 2.11 bits per heavy atom. The summed E-state index contributed by atoms with van der Waals surface area (Å²) in [5.41, 5.74) is 0.718. The van der Waals surface area contributed by atoms with Gasteiger partial charge in [-0.25, -0.2) is 13.8 Å². The molecule has 0 amide bonds. The lowest BCUT2D eigenvalue weighted by molar-refractivity contribution is 0.602. The van der Waals surface area contributed by atoms with E-state index >= 15 is 0 Å². The Morgan fingerprint density at radius 3 is 2.83 bits per heavy atom. The fourth-order valence-corrected chi connectivity index (χ4v) is 2.27. The first-order valence-electron chi connectivity index (χ1n) is 5.25. The number of benzene rings is 1. The Bertz CT molecular complexity index is 517. The lowest BCUT2D eigenvalue weighted by atomic mass is 10.1. The molecular weight excluding hydrogens is 278 g/mol. The third-order valence-electron chi connectivity index (χ3n) is 2.34. The smallest absolute Gasteiger partial charge is 0.132 e. The van der Waals surface area contributed by atoms with Crippen molar-refractivity contribution in [1.82, 2.24) is 10.3 Å². The lowest BCUT2D eigenvalue weighted by Crippen LogP contribution is -2.09. The summed E-state index contributed by atoms with van der Waals surface area (Å²) < 4.78 is 26.5. The average Bonchev–Trinajstić information content (AvgIpc) is 2.78. The number of nitrogens with zero attached hydrogens (tertiary/aromatic N) is 1. The van der Waals surface area contributed by atoms with Gasteiger partial charge in [0.05, 0.1) is 10.7 Å². The molecule has 1 N–H and O–H groups in total. The van der Waals surface area contributed by atoms with Gasteiger partial charge in [-0.1, -0.05) is 0 Å². The predicted octanol–water partition coefficient (Wildman–Crippen LogP) is 3.27. The monoisotopic (exact) mass is 290 g/mol. The minimum Gasteiger partial charge on any atom is -0.319 e. The van der Waals surface area contributed by atoms with Gasteiger partial charge in [-0.15, -0.1) is 23.7 Å². The van der Waals surface area contributed by atoms with Gasteiger partial charge in [0.15, 0.2) is 0 Å². The second-order valence-electron chi connectivity index (χ2n) is 3.60. The van der Waals surface area contributed by atoms with Gasteiger partial charge in [0.1, 0.15) is 11.6 Å². The van der Waals surface area contributed by atoms with E-state index in [1.165, 1.54) is 17.4 Å². The summed E-state index contributed by atoms with van der Waals surface area (Å²) in [6.45, 7) is 0.818. The van der Waals surface area contributed by atoms with Crippen LogP contribution in [0.15, 0.2) is 23.6 Å². The summed E-state index contributed by atoms with van der Waals surface area (Å²) in [5.74, 6) is -0.900. The first-order valence-corrected chi connectivity index (χ1v) is 6.13. The van der Waals surface area contributed by atoms with E-state index < -0.39 is 11.6 Å². The van der Waals surface area contributed by atoms with Gasteiger partial charge >= 0.3 is 0 Å². The molecule has 0 bridgehead atoms. The highest BCUT2D eigenvalue weighted by atomic mass is 35.5. The number of rotatable bonds is 4. The minimum atomic E-state index is -0.453. The molecule has 98 valence electrons. The van der Waals surface area contributed by atoms with Crippen molar-refractivity contribution in [2.75, 3.05) is 13.6 Å². The van der Waals surface area contributed by atoms with Gasteiger partial charge < -0.3 is 5.32 Å². The molecule has 18 heavy (non-hydrogen) atoms. The van der Waals surface area contributed by atoms with Gasteiger partial charge in [-0.3, -0.25) is 0 Å². The van der Waals surface area contributed by atoms with E-state index in [0.29, 0.717) is 5.69 Å². The molecule has 1 aromatic heterocycles. The average molecular weight is 291 g/mol. The number of likely N-dealkylation sites (N-methyl/N-ethyl adjacent to an activating group) is 1. The van der Waals surface area contributed by atoms with Crippen molar-refractivity contribution in [3.8, 4) is 11.3 Å². The molecule has 0 aliphatic carbocycles. The highest BCUT2D eigenvalue weighted by molar-refractivity contribution is 7.09. The second kappa shape index (κ2) is 6.78. The maximum absolute atomic E-state index is 13.5. The van der Waals surface area contributed by atoms with Crippen LogP contribution in [0.5, 0.6) is 0 Å². The molecule has 2 rings (SSSR count). The minimum absolute atomic E-state index is 0. The van der Waals surface area contributed by atoms with Crippen LogP contribution in [-0.4, -0.2) is 18.6 Å². The molecule has 0 saturated carbocycles. The summed E-state index contributed by atoms with van der Waals surface area (Å²) in [5, 5.41) is 5.69. The Balaban J connectivity index is 0.00000162. The molecular formula is C12H13ClF2N2S. The van der Waals surface area contributed by atoms with Crippen LogP contribution in [0.2, 0.25) is 0 Å². The first kappa shape index (κ1) is 15.0. The van der Waals surface area contributed by atoms with Crippen molar-refractivity contribution in [2.24, 2.45) is 0 Å².